The van der Waals surface area contributed by atoms with Gasteiger partial charge in [-0.1, -0.05) is 26.8 Å². The highest BCUT2D eigenvalue weighted by molar-refractivity contribution is 5.23. The van der Waals surface area contributed by atoms with Gasteiger partial charge in [0, 0.05) is 17.9 Å². The highest BCUT2D eigenvalue weighted by Gasteiger charge is 2.37. The molecular formula is C15H28N4. The molecule has 0 aliphatic heterocycles. The molecule has 2 atom stereocenters. The number of rotatable bonds is 7. The molecule has 3 N–H and O–H groups in total. The van der Waals surface area contributed by atoms with Crippen molar-refractivity contribution in [2.45, 2.75) is 52.6 Å². The topological polar surface area (TPSA) is 54.2 Å². The molecule has 19 heavy (non-hydrogen) atoms. The van der Waals surface area contributed by atoms with Gasteiger partial charge in [-0.05, 0) is 44.5 Å². The predicted octanol–water partition coefficient (Wildman–Crippen LogP) is 2.40. The quantitative estimate of drug-likeness (QED) is 0.586. The second-order valence-corrected chi connectivity index (χ2v) is 5.28. The van der Waals surface area contributed by atoms with E-state index in [2.05, 4.69) is 56.0 Å². The summed E-state index contributed by atoms with van der Waals surface area (Å²) >= 11 is 0. The van der Waals surface area contributed by atoms with Gasteiger partial charge in [-0.25, -0.2) is 0 Å². The standard InChI is InChI=1S/C15H28N4/c1-6-15(5,19(7-2)8-3)14(18-16)13-9-12(4)10-17-11-13/h9-11,14,18H,6-8,16H2,1-5H3. The van der Waals surface area contributed by atoms with Gasteiger partial charge in [-0.2, -0.15) is 0 Å². The summed E-state index contributed by atoms with van der Waals surface area (Å²) in [7, 11) is 0. The summed E-state index contributed by atoms with van der Waals surface area (Å²) in [5.41, 5.74) is 5.30. The normalized spacial score (nSPS) is 16.4. The van der Waals surface area contributed by atoms with Gasteiger partial charge in [0.1, 0.15) is 0 Å². The fraction of sp³-hybridized carbons (Fsp3) is 0.667. The maximum absolute atomic E-state index is 5.86. The lowest BCUT2D eigenvalue weighted by atomic mass is 9.83. The number of pyridine rings is 1. The van der Waals surface area contributed by atoms with Gasteiger partial charge in [0.25, 0.3) is 0 Å². The first-order valence-corrected chi connectivity index (χ1v) is 7.16. The Morgan fingerprint density at radius 2 is 1.95 bits per heavy atom. The molecule has 0 bridgehead atoms. The third-order valence-corrected chi connectivity index (χ3v) is 4.22. The van der Waals surface area contributed by atoms with Gasteiger partial charge in [-0.15, -0.1) is 0 Å². The fourth-order valence-corrected chi connectivity index (χ4v) is 2.93. The molecule has 0 radical (unpaired) electrons. The van der Waals surface area contributed by atoms with Crippen LogP contribution in [0.3, 0.4) is 0 Å². The minimum absolute atomic E-state index is 0.0201. The van der Waals surface area contributed by atoms with Crippen LogP contribution in [0.15, 0.2) is 18.5 Å². The van der Waals surface area contributed by atoms with Crippen LogP contribution in [0, 0.1) is 6.92 Å². The number of nitrogens with one attached hydrogen (secondary N) is 1. The van der Waals surface area contributed by atoms with Crippen LogP contribution in [0.4, 0.5) is 0 Å². The average molecular weight is 264 g/mol. The number of nitrogens with zero attached hydrogens (tertiary/aromatic N) is 2. The minimum atomic E-state index is -0.0201. The third-order valence-electron chi connectivity index (χ3n) is 4.22. The van der Waals surface area contributed by atoms with E-state index < -0.39 is 0 Å². The van der Waals surface area contributed by atoms with Crippen molar-refractivity contribution in [3.05, 3.63) is 29.6 Å². The molecule has 1 aromatic rings. The highest BCUT2D eigenvalue weighted by atomic mass is 15.3. The summed E-state index contributed by atoms with van der Waals surface area (Å²) in [6, 6.07) is 2.24. The van der Waals surface area contributed by atoms with Crippen LogP contribution in [-0.2, 0) is 0 Å². The third kappa shape index (κ3) is 3.32. The SMILES string of the molecule is CCN(CC)C(C)(CC)C(NN)c1cncc(C)c1. The Bertz CT molecular complexity index is 389. The van der Waals surface area contributed by atoms with Gasteiger partial charge in [0.05, 0.1) is 6.04 Å². The van der Waals surface area contributed by atoms with Crippen LogP contribution >= 0.6 is 0 Å². The Balaban J connectivity index is 3.18. The molecular weight excluding hydrogens is 236 g/mol. The zero-order valence-corrected chi connectivity index (χ0v) is 12.9. The van der Waals surface area contributed by atoms with Crippen molar-refractivity contribution in [3.63, 3.8) is 0 Å². The number of likely N-dealkylation sites (N-methyl/N-ethyl adjacent to an activating group) is 1. The summed E-state index contributed by atoms with van der Waals surface area (Å²) in [6.07, 6.45) is 4.81. The first kappa shape index (κ1) is 16.1. The molecule has 108 valence electrons. The Hall–Kier alpha value is -0.970. The summed E-state index contributed by atoms with van der Waals surface area (Å²) < 4.78 is 0. The van der Waals surface area contributed by atoms with E-state index in [-0.39, 0.29) is 11.6 Å². The molecule has 0 aliphatic rings. The molecule has 1 rings (SSSR count). The van der Waals surface area contributed by atoms with Crippen molar-refractivity contribution in [2.75, 3.05) is 13.1 Å². The minimum Gasteiger partial charge on any atom is -0.297 e. The molecule has 4 heteroatoms. The molecule has 0 saturated heterocycles. The lowest BCUT2D eigenvalue weighted by molar-refractivity contribution is 0.0697. The van der Waals surface area contributed by atoms with Crippen molar-refractivity contribution in [1.82, 2.24) is 15.3 Å². The first-order chi connectivity index (χ1) is 9.03. The first-order valence-electron chi connectivity index (χ1n) is 7.16. The van der Waals surface area contributed by atoms with Crippen molar-refractivity contribution in [3.8, 4) is 0 Å². The van der Waals surface area contributed by atoms with Gasteiger partial charge in [0.2, 0.25) is 0 Å². The molecule has 0 amide bonds. The second-order valence-electron chi connectivity index (χ2n) is 5.28. The number of hydrogen-bond acceptors (Lipinski definition) is 4. The Kier molecular flexibility index (Phi) is 5.91. The average Bonchev–Trinajstić information content (AvgIpc) is 2.41. The highest BCUT2D eigenvalue weighted by Crippen LogP contribution is 2.33. The van der Waals surface area contributed by atoms with E-state index in [1.807, 2.05) is 12.4 Å². The lowest BCUT2D eigenvalue weighted by Crippen LogP contribution is -2.55. The van der Waals surface area contributed by atoms with E-state index in [4.69, 9.17) is 5.84 Å². The number of hydrazine groups is 1. The van der Waals surface area contributed by atoms with E-state index >= 15 is 0 Å². The Labute approximate surface area is 117 Å². The molecule has 0 aliphatic carbocycles. The smallest absolute Gasteiger partial charge is 0.0656 e. The van der Waals surface area contributed by atoms with Crippen LogP contribution in [0.5, 0.6) is 0 Å². The van der Waals surface area contributed by atoms with Crippen LogP contribution in [-0.4, -0.2) is 28.5 Å². The predicted molar refractivity (Wildman–Crippen MR) is 80.7 cm³/mol. The van der Waals surface area contributed by atoms with Crippen molar-refractivity contribution in [2.24, 2.45) is 5.84 Å². The number of aromatic nitrogens is 1. The van der Waals surface area contributed by atoms with E-state index in [1.165, 1.54) is 0 Å². The fourth-order valence-electron chi connectivity index (χ4n) is 2.93. The van der Waals surface area contributed by atoms with Crippen LogP contribution in [0.1, 0.15) is 51.3 Å². The molecule has 1 heterocycles. The molecule has 0 saturated carbocycles. The van der Waals surface area contributed by atoms with Crippen molar-refractivity contribution < 1.29 is 0 Å². The van der Waals surface area contributed by atoms with E-state index in [0.29, 0.717) is 0 Å². The monoisotopic (exact) mass is 264 g/mol. The second kappa shape index (κ2) is 6.98. The number of nitrogens with two attached hydrogens (primary N) is 1. The molecule has 4 nitrogen and oxygen atoms in total. The summed E-state index contributed by atoms with van der Waals surface area (Å²) in [4.78, 5) is 6.76. The molecule has 0 spiro atoms. The lowest BCUT2D eigenvalue weighted by Gasteiger charge is -2.45. The van der Waals surface area contributed by atoms with Crippen LogP contribution in [0.2, 0.25) is 0 Å². The van der Waals surface area contributed by atoms with E-state index in [9.17, 15) is 0 Å². The largest absolute Gasteiger partial charge is 0.297 e. The Morgan fingerprint density at radius 3 is 2.37 bits per heavy atom. The maximum Gasteiger partial charge on any atom is 0.0656 e. The van der Waals surface area contributed by atoms with E-state index in [1.54, 1.807) is 0 Å². The summed E-state index contributed by atoms with van der Waals surface area (Å²) in [6.45, 7) is 13.0. The van der Waals surface area contributed by atoms with Gasteiger partial charge < -0.3 is 0 Å². The summed E-state index contributed by atoms with van der Waals surface area (Å²) in [5, 5.41) is 0. The van der Waals surface area contributed by atoms with Crippen LogP contribution in [0.25, 0.3) is 0 Å². The number of aryl methyl sites for hydroxylation is 1. The van der Waals surface area contributed by atoms with E-state index in [0.717, 1.165) is 30.6 Å². The van der Waals surface area contributed by atoms with Gasteiger partial charge in [-0.3, -0.25) is 21.2 Å². The zero-order chi connectivity index (χ0) is 14.5. The van der Waals surface area contributed by atoms with Crippen molar-refractivity contribution >= 4 is 0 Å². The van der Waals surface area contributed by atoms with Gasteiger partial charge >= 0.3 is 0 Å². The Morgan fingerprint density at radius 1 is 1.32 bits per heavy atom. The maximum atomic E-state index is 5.86. The van der Waals surface area contributed by atoms with Gasteiger partial charge in [0.15, 0.2) is 0 Å². The molecule has 0 fully saturated rings. The molecule has 2 unspecified atom stereocenters. The zero-order valence-electron chi connectivity index (χ0n) is 12.9. The number of hydrogen-bond donors (Lipinski definition) is 2. The summed E-state index contributed by atoms with van der Waals surface area (Å²) in [5.74, 6) is 5.86. The molecule has 0 aromatic carbocycles. The van der Waals surface area contributed by atoms with Crippen molar-refractivity contribution in [1.29, 1.82) is 0 Å². The molecule has 1 aromatic heterocycles. The van der Waals surface area contributed by atoms with Crippen LogP contribution < -0.4 is 11.3 Å².